The fourth-order valence-corrected chi connectivity index (χ4v) is 2.98. The first-order chi connectivity index (χ1) is 12.7. The van der Waals surface area contributed by atoms with Gasteiger partial charge >= 0.3 is 0 Å². The first-order valence-corrected chi connectivity index (χ1v) is 9.52. The van der Waals surface area contributed by atoms with E-state index in [2.05, 4.69) is 56.5 Å². The molecular weight excluding hydrogens is 320 g/mol. The van der Waals surface area contributed by atoms with E-state index in [4.69, 9.17) is 9.47 Å². The molecule has 2 heteroatoms. The van der Waals surface area contributed by atoms with E-state index < -0.39 is 0 Å². The molecule has 1 fully saturated rings. The van der Waals surface area contributed by atoms with Crippen LogP contribution < -0.4 is 9.47 Å². The van der Waals surface area contributed by atoms with E-state index in [1.54, 1.807) is 0 Å². The van der Waals surface area contributed by atoms with E-state index in [-0.39, 0.29) is 0 Å². The summed E-state index contributed by atoms with van der Waals surface area (Å²) < 4.78 is 12.1. The SMILES string of the molecule is C=CCc1ccc(OC2CC2)c(-c2ccc(OCCC)c(CC=C)c2)c1. The zero-order valence-corrected chi connectivity index (χ0v) is 15.7. The van der Waals surface area contributed by atoms with E-state index in [9.17, 15) is 0 Å². The molecule has 1 aliphatic rings. The van der Waals surface area contributed by atoms with Crippen LogP contribution in [0, 0.1) is 0 Å². The van der Waals surface area contributed by atoms with E-state index in [1.807, 2.05) is 12.2 Å². The third kappa shape index (κ3) is 4.57. The molecular formula is C24H28O2. The number of benzene rings is 2. The highest BCUT2D eigenvalue weighted by Crippen LogP contribution is 2.37. The van der Waals surface area contributed by atoms with Crippen LogP contribution in [0.5, 0.6) is 11.5 Å². The van der Waals surface area contributed by atoms with Crippen molar-refractivity contribution >= 4 is 0 Å². The predicted octanol–water partition coefficient (Wildman–Crippen LogP) is 6.14. The highest BCUT2D eigenvalue weighted by molar-refractivity contribution is 5.73. The lowest BCUT2D eigenvalue weighted by Gasteiger charge is -2.16. The molecule has 2 nitrogen and oxygen atoms in total. The van der Waals surface area contributed by atoms with Gasteiger partial charge in [0.1, 0.15) is 11.5 Å². The number of hydrogen-bond acceptors (Lipinski definition) is 2. The van der Waals surface area contributed by atoms with Crippen LogP contribution in [0.25, 0.3) is 11.1 Å². The molecule has 0 atom stereocenters. The molecule has 2 aromatic carbocycles. The Bertz CT molecular complexity index is 772. The Balaban J connectivity index is 1.99. The lowest BCUT2D eigenvalue weighted by Crippen LogP contribution is -2.01. The summed E-state index contributed by atoms with van der Waals surface area (Å²) in [6.45, 7) is 10.6. The molecule has 0 unspecified atom stereocenters. The number of hydrogen-bond donors (Lipinski definition) is 0. The maximum Gasteiger partial charge on any atom is 0.127 e. The third-order valence-electron chi connectivity index (χ3n) is 4.44. The van der Waals surface area contributed by atoms with Crippen molar-refractivity contribution in [1.82, 2.24) is 0 Å². The van der Waals surface area contributed by atoms with E-state index in [0.29, 0.717) is 6.10 Å². The molecule has 3 rings (SSSR count). The Kier molecular flexibility index (Phi) is 6.17. The van der Waals surface area contributed by atoms with Crippen molar-refractivity contribution in [3.63, 3.8) is 0 Å². The van der Waals surface area contributed by atoms with Crippen LogP contribution in [0.3, 0.4) is 0 Å². The summed E-state index contributed by atoms with van der Waals surface area (Å²) in [4.78, 5) is 0. The molecule has 0 amide bonds. The molecule has 136 valence electrons. The zero-order valence-electron chi connectivity index (χ0n) is 15.7. The molecule has 26 heavy (non-hydrogen) atoms. The summed E-state index contributed by atoms with van der Waals surface area (Å²) in [5.41, 5.74) is 4.71. The number of rotatable bonds is 10. The summed E-state index contributed by atoms with van der Waals surface area (Å²) in [5.74, 6) is 1.91. The molecule has 0 bridgehead atoms. The monoisotopic (exact) mass is 348 g/mol. The Labute approximate surface area is 157 Å². The minimum atomic E-state index is 0.374. The maximum atomic E-state index is 6.16. The molecule has 0 spiro atoms. The van der Waals surface area contributed by atoms with Crippen LogP contribution in [0.1, 0.15) is 37.3 Å². The second-order valence-corrected chi connectivity index (χ2v) is 6.80. The fraction of sp³-hybridized carbons (Fsp3) is 0.333. The van der Waals surface area contributed by atoms with Crippen molar-refractivity contribution in [1.29, 1.82) is 0 Å². The van der Waals surface area contributed by atoms with Gasteiger partial charge in [-0.15, -0.1) is 13.2 Å². The normalized spacial score (nSPS) is 13.3. The van der Waals surface area contributed by atoms with Crippen molar-refractivity contribution in [3.8, 4) is 22.6 Å². The maximum absolute atomic E-state index is 6.16. The van der Waals surface area contributed by atoms with Crippen LogP contribution >= 0.6 is 0 Å². The molecule has 0 aromatic heterocycles. The molecule has 2 aromatic rings. The van der Waals surface area contributed by atoms with Crippen LogP contribution in [-0.2, 0) is 12.8 Å². The molecule has 0 radical (unpaired) electrons. The Morgan fingerprint density at radius 1 is 1.00 bits per heavy atom. The van der Waals surface area contributed by atoms with Gasteiger partial charge in [0, 0.05) is 5.56 Å². The largest absolute Gasteiger partial charge is 0.493 e. The molecule has 0 saturated heterocycles. The molecule has 0 aliphatic heterocycles. The van der Waals surface area contributed by atoms with Crippen molar-refractivity contribution in [2.45, 2.75) is 45.1 Å². The average molecular weight is 348 g/mol. The van der Waals surface area contributed by atoms with Crippen molar-refractivity contribution in [3.05, 3.63) is 72.8 Å². The fourth-order valence-electron chi connectivity index (χ4n) is 2.98. The molecule has 1 aliphatic carbocycles. The first kappa shape index (κ1) is 18.3. The summed E-state index contributed by atoms with van der Waals surface area (Å²) in [7, 11) is 0. The standard InChI is InChI=1S/C24H28O2/c1-4-7-18-9-13-24(26-21-11-12-21)22(16-18)19-10-14-23(25-15-6-3)20(17-19)8-5-2/h4-5,9-10,13-14,16-17,21H,1-2,6-8,11-12,15H2,3H3. The van der Waals surface area contributed by atoms with Gasteiger partial charge in [-0.3, -0.25) is 0 Å². The van der Waals surface area contributed by atoms with Gasteiger partial charge in [0.05, 0.1) is 12.7 Å². The van der Waals surface area contributed by atoms with Crippen LogP contribution in [0.15, 0.2) is 61.7 Å². The number of allylic oxidation sites excluding steroid dienone is 2. The van der Waals surface area contributed by atoms with Gasteiger partial charge in [-0.1, -0.05) is 31.2 Å². The van der Waals surface area contributed by atoms with Crippen molar-refractivity contribution in [2.24, 2.45) is 0 Å². The second kappa shape index (κ2) is 8.75. The Hall–Kier alpha value is -2.48. The van der Waals surface area contributed by atoms with E-state index in [1.165, 1.54) is 5.56 Å². The first-order valence-electron chi connectivity index (χ1n) is 9.52. The smallest absolute Gasteiger partial charge is 0.127 e. The van der Waals surface area contributed by atoms with E-state index in [0.717, 1.165) is 66.9 Å². The van der Waals surface area contributed by atoms with Crippen LogP contribution in [-0.4, -0.2) is 12.7 Å². The van der Waals surface area contributed by atoms with Crippen LogP contribution in [0.2, 0.25) is 0 Å². The predicted molar refractivity (Wildman–Crippen MR) is 109 cm³/mol. The van der Waals surface area contributed by atoms with Gasteiger partial charge in [0.2, 0.25) is 0 Å². The summed E-state index contributed by atoms with van der Waals surface area (Å²) in [5, 5.41) is 0. The topological polar surface area (TPSA) is 18.5 Å². The second-order valence-electron chi connectivity index (χ2n) is 6.80. The van der Waals surface area contributed by atoms with Crippen molar-refractivity contribution in [2.75, 3.05) is 6.61 Å². The van der Waals surface area contributed by atoms with Gasteiger partial charge in [-0.25, -0.2) is 0 Å². The molecule has 1 saturated carbocycles. The lowest BCUT2D eigenvalue weighted by molar-refractivity contribution is 0.304. The third-order valence-corrected chi connectivity index (χ3v) is 4.44. The molecule has 0 heterocycles. The van der Waals surface area contributed by atoms with Crippen LogP contribution in [0.4, 0.5) is 0 Å². The lowest BCUT2D eigenvalue weighted by atomic mass is 9.97. The van der Waals surface area contributed by atoms with Gasteiger partial charge in [0.25, 0.3) is 0 Å². The van der Waals surface area contributed by atoms with Crippen molar-refractivity contribution < 1.29 is 9.47 Å². The van der Waals surface area contributed by atoms with Gasteiger partial charge in [-0.2, -0.15) is 0 Å². The minimum absolute atomic E-state index is 0.374. The van der Waals surface area contributed by atoms with Gasteiger partial charge < -0.3 is 9.47 Å². The zero-order chi connectivity index (χ0) is 18.4. The highest BCUT2D eigenvalue weighted by atomic mass is 16.5. The average Bonchev–Trinajstić information content (AvgIpc) is 3.46. The summed E-state index contributed by atoms with van der Waals surface area (Å²) in [6, 6.07) is 12.9. The highest BCUT2D eigenvalue weighted by Gasteiger charge is 2.25. The Morgan fingerprint density at radius 3 is 2.46 bits per heavy atom. The van der Waals surface area contributed by atoms with Gasteiger partial charge in [0.15, 0.2) is 0 Å². The summed E-state index contributed by atoms with van der Waals surface area (Å²) >= 11 is 0. The minimum Gasteiger partial charge on any atom is -0.493 e. The molecule has 0 N–H and O–H groups in total. The summed E-state index contributed by atoms with van der Waals surface area (Å²) in [6.07, 6.45) is 9.18. The van der Waals surface area contributed by atoms with E-state index >= 15 is 0 Å². The Morgan fingerprint density at radius 2 is 1.77 bits per heavy atom. The van der Waals surface area contributed by atoms with Gasteiger partial charge in [-0.05, 0) is 73.1 Å². The number of ether oxygens (including phenoxy) is 2. The quantitative estimate of drug-likeness (QED) is 0.480.